The van der Waals surface area contributed by atoms with E-state index in [2.05, 4.69) is 10.2 Å². The average Bonchev–Trinajstić information content (AvgIpc) is 3.02. The molecule has 2 N–H and O–H groups in total. The second-order valence-corrected chi connectivity index (χ2v) is 3.90. The largest absolute Gasteiger partial charge is 0.459 e. The van der Waals surface area contributed by atoms with Crippen LogP contribution in [-0.4, -0.2) is 10.2 Å². The lowest BCUT2D eigenvalue weighted by molar-refractivity contribution is 0.488. The summed E-state index contributed by atoms with van der Waals surface area (Å²) in [4.78, 5) is 0. The van der Waals surface area contributed by atoms with Crippen LogP contribution in [0.1, 0.15) is 11.5 Å². The number of aromatic nitrogens is 2. The summed E-state index contributed by atoms with van der Waals surface area (Å²) >= 11 is 0. The predicted molar refractivity (Wildman–Crippen MR) is 65.7 cm³/mol. The number of rotatable bonds is 3. The number of nitrogen functional groups attached to an aromatic ring is 1. The molecular weight excluding hydrogens is 230 g/mol. The van der Waals surface area contributed by atoms with Gasteiger partial charge in [0.2, 0.25) is 5.89 Å². The van der Waals surface area contributed by atoms with E-state index in [1.807, 2.05) is 24.3 Å². The van der Waals surface area contributed by atoms with Gasteiger partial charge in [-0.2, -0.15) is 0 Å². The Hall–Kier alpha value is -2.56. The lowest BCUT2D eigenvalue weighted by atomic mass is 10.1. The van der Waals surface area contributed by atoms with Crippen LogP contribution in [0.4, 0.5) is 5.69 Å². The molecule has 3 aromatic rings. The molecule has 2 aromatic heterocycles. The zero-order valence-electron chi connectivity index (χ0n) is 9.54. The average molecular weight is 241 g/mol. The third kappa shape index (κ3) is 2.10. The molecule has 0 aliphatic heterocycles. The minimum atomic E-state index is 0.394. The summed E-state index contributed by atoms with van der Waals surface area (Å²) in [5, 5.41) is 7.92. The standard InChI is InChI=1S/C13H11N3O2/c14-10-5-3-9(4-6-10)8-12-15-16-13(18-12)11-2-1-7-17-11/h1-7H,8,14H2. The van der Waals surface area contributed by atoms with E-state index >= 15 is 0 Å². The van der Waals surface area contributed by atoms with Gasteiger partial charge in [0.25, 0.3) is 5.89 Å². The van der Waals surface area contributed by atoms with Gasteiger partial charge in [0.05, 0.1) is 12.7 Å². The Labute approximate surface area is 103 Å². The van der Waals surface area contributed by atoms with Crippen molar-refractivity contribution in [1.29, 1.82) is 0 Å². The highest BCUT2D eigenvalue weighted by molar-refractivity contribution is 5.43. The fraction of sp³-hybridized carbons (Fsp3) is 0.0769. The fourth-order valence-corrected chi connectivity index (χ4v) is 1.63. The molecule has 2 heterocycles. The Morgan fingerprint density at radius 1 is 1.06 bits per heavy atom. The van der Waals surface area contributed by atoms with Crippen LogP contribution in [0, 0.1) is 0 Å². The Bertz CT molecular complexity index is 627. The SMILES string of the molecule is Nc1ccc(Cc2nnc(-c3ccco3)o2)cc1. The molecule has 0 saturated carbocycles. The van der Waals surface area contributed by atoms with Gasteiger partial charge in [-0.15, -0.1) is 10.2 Å². The van der Waals surface area contributed by atoms with Crippen LogP contribution >= 0.6 is 0 Å². The highest BCUT2D eigenvalue weighted by Gasteiger charge is 2.10. The maximum atomic E-state index is 5.62. The Kier molecular flexibility index (Phi) is 2.57. The first-order valence-electron chi connectivity index (χ1n) is 5.52. The predicted octanol–water partition coefficient (Wildman–Crippen LogP) is 2.50. The number of anilines is 1. The highest BCUT2D eigenvalue weighted by atomic mass is 16.4. The molecule has 0 aliphatic carbocycles. The number of nitrogens with two attached hydrogens (primary N) is 1. The number of nitrogens with zero attached hydrogens (tertiary/aromatic N) is 2. The summed E-state index contributed by atoms with van der Waals surface area (Å²) in [6, 6.07) is 11.1. The Balaban J connectivity index is 1.80. The third-order valence-corrected chi connectivity index (χ3v) is 2.53. The first-order chi connectivity index (χ1) is 8.81. The third-order valence-electron chi connectivity index (χ3n) is 2.53. The molecular formula is C13H11N3O2. The molecule has 5 heteroatoms. The van der Waals surface area contributed by atoms with Gasteiger partial charge in [0.15, 0.2) is 5.76 Å². The van der Waals surface area contributed by atoms with Crippen molar-refractivity contribution in [3.63, 3.8) is 0 Å². The molecule has 0 radical (unpaired) electrons. The molecule has 0 unspecified atom stereocenters. The van der Waals surface area contributed by atoms with Gasteiger partial charge in [-0.05, 0) is 29.8 Å². The van der Waals surface area contributed by atoms with Crippen LogP contribution in [0.2, 0.25) is 0 Å². The minimum absolute atomic E-state index is 0.394. The van der Waals surface area contributed by atoms with Crippen LogP contribution in [0.15, 0.2) is 51.5 Å². The summed E-state index contributed by atoms with van der Waals surface area (Å²) in [6.45, 7) is 0. The lowest BCUT2D eigenvalue weighted by Crippen LogP contribution is -1.89. The maximum absolute atomic E-state index is 5.62. The van der Waals surface area contributed by atoms with E-state index in [4.69, 9.17) is 14.6 Å². The molecule has 90 valence electrons. The highest BCUT2D eigenvalue weighted by Crippen LogP contribution is 2.19. The second kappa shape index (κ2) is 4.37. The smallest absolute Gasteiger partial charge is 0.283 e. The zero-order chi connectivity index (χ0) is 12.4. The van der Waals surface area contributed by atoms with E-state index in [0.29, 0.717) is 24.0 Å². The van der Waals surface area contributed by atoms with E-state index in [0.717, 1.165) is 11.3 Å². The first-order valence-corrected chi connectivity index (χ1v) is 5.52. The van der Waals surface area contributed by atoms with Crippen LogP contribution in [0.5, 0.6) is 0 Å². The monoisotopic (exact) mass is 241 g/mol. The Morgan fingerprint density at radius 2 is 1.89 bits per heavy atom. The minimum Gasteiger partial charge on any atom is -0.459 e. The van der Waals surface area contributed by atoms with Crippen LogP contribution in [-0.2, 0) is 6.42 Å². The molecule has 5 nitrogen and oxygen atoms in total. The topological polar surface area (TPSA) is 78.1 Å². The van der Waals surface area contributed by atoms with Crippen molar-refractivity contribution in [3.8, 4) is 11.7 Å². The van der Waals surface area contributed by atoms with Crippen molar-refractivity contribution < 1.29 is 8.83 Å². The van der Waals surface area contributed by atoms with Crippen molar-refractivity contribution >= 4 is 5.69 Å². The second-order valence-electron chi connectivity index (χ2n) is 3.90. The van der Waals surface area contributed by atoms with Crippen molar-refractivity contribution in [3.05, 3.63) is 54.1 Å². The van der Waals surface area contributed by atoms with Crippen LogP contribution in [0.3, 0.4) is 0 Å². The summed E-state index contributed by atoms with van der Waals surface area (Å²) in [5.74, 6) is 1.52. The van der Waals surface area contributed by atoms with Gasteiger partial charge >= 0.3 is 0 Å². The normalized spacial score (nSPS) is 10.7. The van der Waals surface area contributed by atoms with E-state index < -0.39 is 0 Å². The van der Waals surface area contributed by atoms with Gasteiger partial charge in [-0.1, -0.05) is 12.1 Å². The molecule has 0 atom stereocenters. The summed E-state index contributed by atoms with van der Waals surface area (Å²) < 4.78 is 10.7. The van der Waals surface area contributed by atoms with Crippen LogP contribution < -0.4 is 5.73 Å². The van der Waals surface area contributed by atoms with E-state index in [9.17, 15) is 0 Å². The number of hydrogen-bond acceptors (Lipinski definition) is 5. The fourth-order valence-electron chi connectivity index (χ4n) is 1.63. The van der Waals surface area contributed by atoms with Crippen molar-refractivity contribution in [1.82, 2.24) is 10.2 Å². The van der Waals surface area contributed by atoms with Crippen molar-refractivity contribution in [2.24, 2.45) is 0 Å². The molecule has 0 saturated heterocycles. The zero-order valence-corrected chi connectivity index (χ0v) is 9.54. The number of benzene rings is 1. The van der Waals surface area contributed by atoms with E-state index in [1.165, 1.54) is 0 Å². The van der Waals surface area contributed by atoms with E-state index in [-0.39, 0.29) is 0 Å². The molecule has 18 heavy (non-hydrogen) atoms. The van der Waals surface area contributed by atoms with E-state index in [1.54, 1.807) is 18.4 Å². The molecule has 0 bridgehead atoms. The van der Waals surface area contributed by atoms with Gasteiger partial charge < -0.3 is 14.6 Å². The lowest BCUT2D eigenvalue weighted by Gasteiger charge is -1.97. The van der Waals surface area contributed by atoms with Crippen molar-refractivity contribution in [2.75, 3.05) is 5.73 Å². The number of hydrogen-bond donors (Lipinski definition) is 1. The molecule has 3 rings (SSSR count). The van der Waals surface area contributed by atoms with Gasteiger partial charge in [0.1, 0.15) is 0 Å². The van der Waals surface area contributed by atoms with Gasteiger partial charge in [-0.3, -0.25) is 0 Å². The molecule has 1 aromatic carbocycles. The summed E-state index contributed by atoms with van der Waals surface area (Å²) in [6.07, 6.45) is 2.15. The quantitative estimate of drug-likeness (QED) is 0.713. The number of furan rings is 1. The Morgan fingerprint density at radius 3 is 2.61 bits per heavy atom. The van der Waals surface area contributed by atoms with Gasteiger partial charge in [-0.25, -0.2) is 0 Å². The molecule has 0 aliphatic rings. The molecule has 0 fully saturated rings. The molecule has 0 amide bonds. The van der Waals surface area contributed by atoms with Crippen LogP contribution in [0.25, 0.3) is 11.7 Å². The van der Waals surface area contributed by atoms with Gasteiger partial charge in [0, 0.05) is 5.69 Å². The maximum Gasteiger partial charge on any atom is 0.283 e. The summed E-state index contributed by atoms with van der Waals surface area (Å²) in [5.41, 5.74) is 7.43. The van der Waals surface area contributed by atoms with Crippen molar-refractivity contribution in [2.45, 2.75) is 6.42 Å². The molecule has 0 spiro atoms. The summed E-state index contributed by atoms with van der Waals surface area (Å²) in [7, 11) is 0. The first kappa shape index (κ1) is 10.6.